The molecule has 0 rings (SSSR count). The lowest BCUT2D eigenvalue weighted by atomic mass is 10.2. The van der Waals surface area contributed by atoms with Gasteiger partial charge in [-0.25, -0.2) is 0 Å². The molecule has 1 N–H and O–H groups in total. The summed E-state index contributed by atoms with van der Waals surface area (Å²) in [7, 11) is 0. The maximum Gasteiger partial charge on any atom is 0.224 e. The van der Waals surface area contributed by atoms with E-state index in [4.69, 9.17) is 0 Å². The van der Waals surface area contributed by atoms with Gasteiger partial charge in [0.25, 0.3) is 0 Å². The Balaban J connectivity index is 3.87. The van der Waals surface area contributed by atoms with Gasteiger partial charge in [0.15, 0.2) is 0 Å². The molecule has 3 heteroatoms. The van der Waals surface area contributed by atoms with Gasteiger partial charge in [-0.15, -0.1) is 5.92 Å². The van der Waals surface area contributed by atoms with Gasteiger partial charge in [-0.2, -0.15) is 0 Å². The van der Waals surface area contributed by atoms with Crippen LogP contribution in [0.5, 0.6) is 0 Å². The van der Waals surface area contributed by atoms with Crippen molar-refractivity contribution >= 4 is 5.91 Å². The van der Waals surface area contributed by atoms with Crippen LogP contribution in [-0.2, 0) is 4.79 Å². The second kappa shape index (κ2) is 8.31. The molecule has 0 aromatic heterocycles. The summed E-state index contributed by atoms with van der Waals surface area (Å²) in [4.78, 5) is 13.5. The molecule has 86 valence electrons. The molecule has 1 atom stereocenters. The Morgan fingerprint density at radius 1 is 1.40 bits per heavy atom. The normalized spacial score (nSPS) is 11.5. The first-order valence-corrected chi connectivity index (χ1v) is 5.56. The van der Waals surface area contributed by atoms with E-state index >= 15 is 0 Å². The summed E-state index contributed by atoms with van der Waals surface area (Å²) in [5.41, 5.74) is 0. The van der Waals surface area contributed by atoms with Crippen LogP contribution in [0.2, 0.25) is 0 Å². The van der Waals surface area contributed by atoms with Crippen molar-refractivity contribution in [3.8, 4) is 11.8 Å². The minimum Gasteiger partial charge on any atom is -0.343 e. The summed E-state index contributed by atoms with van der Waals surface area (Å²) >= 11 is 0. The van der Waals surface area contributed by atoms with Gasteiger partial charge in [-0.1, -0.05) is 5.92 Å². The van der Waals surface area contributed by atoms with Gasteiger partial charge in [-0.05, 0) is 27.7 Å². The van der Waals surface area contributed by atoms with Crippen LogP contribution in [0.3, 0.4) is 0 Å². The first-order valence-electron chi connectivity index (χ1n) is 5.56. The zero-order valence-corrected chi connectivity index (χ0v) is 10.3. The summed E-state index contributed by atoms with van der Waals surface area (Å²) in [6.07, 6.45) is 0.549. The maximum absolute atomic E-state index is 11.7. The first kappa shape index (κ1) is 14.0. The second-order valence-corrected chi connectivity index (χ2v) is 3.48. The first-order chi connectivity index (χ1) is 7.15. The van der Waals surface area contributed by atoms with Crippen molar-refractivity contribution in [2.45, 2.75) is 40.2 Å². The van der Waals surface area contributed by atoms with Crippen LogP contribution >= 0.6 is 0 Å². The lowest BCUT2D eigenvalue weighted by Gasteiger charge is -2.21. The molecule has 0 saturated carbocycles. The molecule has 0 heterocycles. The summed E-state index contributed by atoms with van der Waals surface area (Å²) in [6, 6.07) is 0.193. The van der Waals surface area contributed by atoms with E-state index < -0.39 is 0 Å². The zero-order valence-electron chi connectivity index (χ0n) is 10.3. The van der Waals surface area contributed by atoms with E-state index in [1.54, 1.807) is 0 Å². The highest BCUT2D eigenvalue weighted by Crippen LogP contribution is 1.97. The Morgan fingerprint density at radius 3 is 2.47 bits per heavy atom. The van der Waals surface area contributed by atoms with Crippen LogP contribution in [0, 0.1) is 11.8 Å². The van der Waals surface area contributed by atoms with Gasteiger partial charge in [0.05, 0.1) is 6.54 Å². The Labute approximate surface area is 93.2 Å². The topological polar surface area (TPSA) is 32.3 Å². The van der Waals surface area contributed by atoms with Crippen molar-refractivity contribution in [2.24, 2.45) is 0 Å². The third-order valence-electron chi connectivity index (χ3n) is 2.31. The van der Waals surface area contributed by atoms with E-state index in [1.807, 2.05) is 32.6 Å². The number of nitrogens with zero attached hydrogens (tertiary/aromatic N) is 1. The van der Waals surface area contributed by atoms with Gasteiger partial charge >= 0.3 is 0 Å². The van der Waals surface area contributed by atoms with Crippen LogP contribution in [0.15, 0.2) is 0 Å². The van der Waals surface area contributed by atoms with Crippen molar-refractivity contribution in [3.63, 3.8) is 0 Å². The highest BCUT2D eigenvalue weighted by molar-refractivity contribution is 5.76. The minimum absolute atomic E-state index is 0.193. The Kier molecular flexibility index (Phi) is 7.75. The molecule has 0 aromatic carbocycles. The molecule has 0 aliphatic heterocycles. The van der Waals surface area contributed by atoms with E-state index in [2.05, 4.69) is 17.2 Å². The minimum atomic E-state index is 0.193. The number of rotatable bonds is 6. The van der Waals surface area contributed by atoms with Gasteiger partial charge in [0.1, 0.15) is 0 Å². The molecule has 0 radical (unpaired) electrons. The third kappa shape index (κ3) is 6.14. The molecule has 15 heavy (non-hydrogen) atoms. The van der Waals surface area contributed by atoms with Crippen LogP contribution in [0.25, 0.3) is 0 Å². The van der Waals surface area contributed by atoms with E-state index in [0.29, 0.717) is 13.0 Å². The molecule has 0 aliphatic carbocycles. The summed E-state index contributed by atoms with van der Waals surface area (Å²) in [5.74, 6) is 5.95. The van der Waals surface area contributed by atoms with Crippen molar-refractivity contribution < 1.29 is 4.79 Å². The lowest BCUT2D eigenvalue weighted by Crippen LogP contribution is -2.36. The van der Waals surface area contributed by atoms with Crippen LogP contribution in [0.4, 0.5) is 0 Å². The summed E-state index contributed by atoms with van der Waals surface area (Å²) in [5, 5.41) is 3.20. The average Bonchev–Trinajstić information content (AvgIpc) is 2.20. The second-order valence-electron chi connectivity index (χ2n) is 3.48. The Bertz CT molecular complexity index is 236. The molecule has 1 unspecified atom stereocenters. The van der Waals surface area contributed by atoms with Gasteiger partial charge < -0.3 is 10.2 Å². The Hall–Kier alpha value is -1.01. The van der Waals surface area contributed by atoms with Crippen LogP contribution < -0.4 is 5.32 Å². The molecule has 0 aromatic rings. The molecular weight excluding hydrogens is 188 g/mol. The monoisotopic (exact) mass is 210 g/mol. The largest absolute Gasteiger partial charge is 0.343 e. The fourth-order valence-electron chi connectivity index (χ4n) is 1.35. The van der Waals surface area contributed by atoms with Crippen LogP contribution in [0.1, 0.15) is 34.1 Å². The standard InChI is InChI=1S/C12H22N2O/c1-5-8-9-13-11(4)10-12(15)14(6-2)7-3/h11,13H,6-7,9-10H2,1-4H3. The highest BCUT2D eigenvalue weighted by Gasteiger charge is 2.12. The predicted octanol–water partition coefficient (Wildman–Crippen LogP) is 1.25. The Morgan fingerprint density at radius 2 is 2.00 bits per heavy atom. The lowest BCUT2D eigenvalue weighted by molar-refractivity contribution is -0.131. The van der Waals surface area contributed by atoms with E-state index in [9.17, 15) is 4.79 Å². The molecule has 0 spiro atoms. The summed E-state index contributed by atoms with van der Waals surface area (Å²) in [6.45, 7) is 10.1. The van der Waals surface area contributed by atoms with E-state index in [-0.39, 0.29) is 11.9 Å². The van der Waals surface area contributed by atoms with Gasteiger partial charge in [0, 0.05) is 25.6 Å². The van der Waals surface area contributed by atoms with Crippen LogP contribution in [-0.4, -0.2) is 36.5 Å². The SMILES string of the molecule is CC#CCNC(C)CC(=O)N(CC)CC. The molecule has 0 saturated heterocycles. The third-order valence-corrected chi connectivity index (χ3v) is 2.31. The number of amides is 1. The summed E-state index contributed by atoms with van der Waals surface area (Å²) < 4.78 is 0. The molecule has 0 aliphatic rings. The van der Waals surface area contributed by atoms with Crippen molar-refractivity contribution in [3.05, 3.63) is 0 Å². The number of hydrogen-bond donors (Lipinski definition) is 1. The zero-order chi connectivity index (χ0) is 11.7. The smallest absolute Gasteiger partial charge is 0.224 e. The fourth-order valence-corrected chi connectivity index (χ4v) is 1.35. The predicted molar refractivity (Wildman–Crippen MR) is 63.5 cm³/mol. The quantitative estimate of drug-likeness (QED) is 0.669. The van der Waals surface area contributed by atoms with Gasteiger partial charge in [-0.3, -0.25) is 4.79 Å². The van der Waals surface area contributed by atoms with Crippen molar-refractivity contribution in [2.75, 3.05) is 19.6 Å². The fraction of sp³-hybridized carbons (Fsp3) is 0.750. The van der Waals surface area contributed by atoms with E-state index in [1.165, 1.54) is 0 Å². The maximum atomic E-state index is 11.7. The molecule has 0 fully saturated rings. The number of nitrogens with one attached hydrogen (secondary N) is 1. The number of carbonyl (C=O) groups is 1. The van der Waals surface area contributed by atoms with Crippen molar-refractivity contribution in [1.82, 2.24) is 10.2 Å². The molecule has 1 amide bonds. The molecular formula is C12H22N2O. The van der Waals surface area contributed by atoms with Gasteiger partial charge in [0.2, 0.25) is 5.91 Å². The number of hydrogen-bond acceptors (Lipinski definition) is 2. The van der Waals surface area contributed by atoms with E-state index in [0.717, 1.165) is 13.1 Å². The average molecular weight is 210 g/mol. The number of carbonyl (C=O) groups excluding carboxylic acids is 1. The van der Waals surface area contributed by atoms with Crippen molar-refractivity contribution in [1.29, 1.82) is 0 Å². The molecule has 0 bridgehead atoms. The highest BCUT2D eigenvalue weighted by atomic mass is 16.2. The molecule has 3 nitrogen and oxygen atoms in total.